The first-order valence-electron chi connectivity index (χ1n) is 2.32. The third-order valence-corrected chi connectivity index (χ3v) is 1.07. The summed E-state index contributed by atoms with van der Waals surface area (Å²) in [6.07, 6.45) is 2.89. The van der Waals surface area contributed by atoms with Crippen LogP contribution in [0.25, 0.3) is 0 Å². The quantitative estimate of drug-likeness (QED) is 0.435. The molecule has 1 fully saturated rings. The molecule has 1 heterocycles. The molecule has 1 nitrogen and oxygen atoms in total. The zero-order valence-corrected chi connectivity index (χ0v) is 15.2. The van der Waals surface area contributed by atoms with Gasteiger partial charge in [0.2, 0.25) is 0 Å². The van der Waals surface area contributed by atoms with Gasteiger partial charge in [0.05, 0.1) is 13.1 Å². The monoisotopic (exact) mass is 242 g/mol. The molecule has 0 atom stereocenters. The molecule has 0 spiro atoms. The Morgan fingerprint density at radius 1 is 0.857 bits per heavy atom. The Morgan fingerprint density at radius 2 is 1.29 bits per heavy atom. The maximum Gasteiger partial charge on any atom is 1.00 e. The van der Waals surface area contributed by atoms with E-state index in [4.69, 9.17) is 0 Å². The molecule has 7 heavy (non-hydrogen) atoms. The first-order chi connectivity index (χ1) is 2.50. The first-order valence-corrected chi connectivity index (χ1v) is 2.32. The molecule has 0 radical (unpaired) electrons. The number of hydrogen-bond donors (Lipinski definition) is 1. The number of quaternary nitrogens is 1. The van der Waals surface area contributed by atoms with Crippen LogP contribution in [0.2, 0.25) is 0 Å². The van der Waals surface area contributed by atoms with Crippen molar-refractivity contribution in [2.24, 2.45) is 0 Å². The Hall–Kier alpha value is 3.57. The van der Waals surface area contributed by atoms with Gasteiger partial charge >= 0.3 is 116 Å². The van der Waals surface area contributed by atoms with Crippen molar-refractivity contribution in [3.05, 3.63) is 0 Å². The van der Waals surface area contributed by atoms with E-state index in [-0.39, 0.29) is 116 Å². The molecule has 1 rings (SSSR count). The van der Waals surface area contributed by atoms with Crippen LogP contribution in [-0.2, 0) is 0 Å². The molecule has 0 aromatic heterocycles. The van der Waals surface area contributed by atoms with E-state index in [0.29, 0.717) is 0 Å². The van der Waals surface area contributed by atoms with Crippen LogP contribution in [0.3, 0.4) is 0 Å². The molecule has 2 N–H and O–H groups in total. The van der Waals surface area contributed by atoms with Crippen LogP contribution >= 0.6 is 0 Å². The minimum atomic E-state index is 0. The van der Waals surface area contributed by atoms with Gasteiger partial charge in [-0.2, -0.15) is 0 Å². The fourth-order valence-electron chi connectivity index (χ4n) is 0.722. The normalized spacial score (nSPS) is 17.1. The van der Waals surface area contributed by atoms with E-state index in [1.165, 1.54) is 25.9 Å². The van der Waals surface area contributed by atoms with Crippen LogP contribution < -0.4 is 122 Å². The summed E-state index contributed by atoms with van der Waals surface area (Å²) < 4.78 is 0. The Kier molecular flexibility index (Phi) is 18.0. The second-order valence-corrected chi connectivity index (χ2v) is 1.57. The zero-order valence-electron chi connectivity index (χ0n) is 5.41. The first kappa shape index (κ1) is 13.2. The SMILES string of the molecule is C1CC[NH2+]C1.[Rb+].[Rb+]. The summed E-state index contributed by atoms with van der Waals surface area (Å²) in [5, 5.41) is 2.36. The second-order valence-electron chi connectivity index (χ2n) is 1.57. The Morgan fingerprint density at radius 3 is 1.43 bits per heavy atom. The molecule has 1 saturated heterocycles. The molecule has 0 saturated carbocycles. The molecular formula is C4H10NRb2+3. The van der Waals surface area contributed by atoms with Crippen LogP contribution in [0.5, 0.6) is 0 Å². The Bertz CT molecular complexity index is 21.3. The maximum absolute atomic E-state index is 2.36. The van der Waals surface area contributed by atoms with Gasteiger partial charge in [0, 0.05) is 12.8 Å². The largest absolute Gasteiger partial charge is 1.00 e. The van der Waals surface area contributed by atoms with Crippen molar-refractivity contribution in [3.63, 3.8) is 0 Å². The van der Waals surface area contributed by atoms with Gasteiger partial charge in [-0.3, -0.25) is 0 Å². The standard InChI is InChI=1S/C4H9N.2Rb/c1-2-4-5-3-1;;/h5H,1-4H2;;/q;2*+1/p+1. The van der Waals surface area contributed by atoms with Crippen molar-refractivity contribution >= 4 is 0 Å². The van der Waals surface area contributed by atoms with Gasteiger partial charge in [0.25, 0.3) is 0 Å². The summed E-state index contributed by atoms with van der Waals surface area (Å²) in [5.74, 6) is 0. The van der Waals surface area contributed by atoms with Crippen molar-refractivity contribution in [1.82, 2.24) is 0 Å². The smallest absolute Gasteiger partial charge is 0.346 e. The van der Waals surface area contributed by atoms with Crippen molar-refractivity contribution in [2.75, 3.05) is 13.1 Å². The van der Waals surface area contributed by atoms with E-state index in [1.807, 2.05) is 0 Å². The second kappa shape index (κ2) is 9.57. The molecule has 0 unspecified atom stereocenters. The average Bonchev–Trinajstić information content (AvgIpc) is 1.76. The molecule has 0 amide bonds. The Labute approximate surface area is 143 Å². The summed E-state index contributed by atoms with van der Waals surface area (Å²) >= 11 is 0. The van der Waals surface area contributed by atoms with E-state index < -0.39 is 0 Å². The molecule has 1 aliphatic heterocycles. The summed E-state index contributed by atoms with van der Waals surface area (Å²) in [7, 11) is 0. The Balaban J connectivity index is 0. The molecule has 3 heteroatoms. The molecule has 0 bridgehead atoms. The minimum Gasteiger partial charge on any atom is -0.346 e. The van der Waals surface area contributed by atoms with Gasteiger partial charge in [-0.1, -0.05) is 0 Å². The molecule has 30 valence electrons. The van der Waals surface area contributed by atoms with Gasteiger partial charge in [0.15, 0.2) is 0 Å². The van der Waals surface area contributed by atoms with Crippen molar-refractivity contribution in [1.29, 1.82) is 0 Å². The summed E-state index contributed by atoms with van der Waals surface area (Å²) in [5.41, 5.74) is 0. The van der Waals surface area contributed by atoms with Crippen LogP contribution in [-0.4, -0.2) is 13.1 Å². The van der Waals surface area contributed by atoms with E-state index in [9.17, 15) is 0 Å². The third-order valence-electron chi connectivity index (χ3n) is 1.07. The van der Waals surface area contributed by atoms with Gasteiger partial charge in [-0.15, -0.1) is 0 Å². The van der Waals surface area contributed by atoms with Crippen LogP contribution in [0.15, 0.2) is 0 Å². The minimum absolute atomic E-state index is 0. The summed E-state index contributed by atoms with van der Waals surface area (Å²) in [6.45, 7) is 2.75. The van der Waals surface area contributed by atoms with Crippen molar-refractivity contribution in [3.8, 4) is 0 Å². The van der Waals surface area contributed by atoms with Gasteiger partial charge in [-0.05, 0) is 0 Å². The van der Waals surface area contributed by atoms with E-state index in [1.54, 1.807) is 0 Å². The molecule has 0 aliphatic carbocycles. The number of hydrogen-bond acceptors (Lipinski definition) is 0. The van der Waals surface area contributed by atoms with E-state index >= 15 is 0 Å². The van der Waals surface area contributed by atoms with Gasteiger partial charge in [0.1, 0.15) is 0 Å². The fraction of sp³-hybridized carbons (Fsp3) is 1.00. The van der Waals surface area contributed by atoms with Crippen LogP contribution in [0.4, 0.5) is 0 Å². The fourth-order valence-corrected chi connectivity index (χ4v) is 0.722. The topological polar surface area (TPSA) is 16.6 Å². The molecular weight excluding hydrogens is 233 g/mol. The average molecular weight is 243 g/mol. The van der Waals surface area contributed by atoms with Crippen molar-refractivity contribution < 1.29 is 122 Å². The van der Waals surface area contributed by atoms with E-state index in [2.05, 4.69) is 5.32 Å². The summed E-state index contributed by atoms with van der Waals surface area (Å²) in [4.78, 5) is 0. The maximum atomic E-state index is 2.36. The summed E-state index contributed by atoms with van der Waals surface area (Å²) in [6, 6.07) is 0. The number of nitrogens with two attached hydrogens (primary N) is 1. The predicted molar refractivity (Wildman–Crippen MR) is 20.9 cm³/mol. The van der Waals surface area contributed by atoms with Gasteiger partial charge in [-0.25, -0.2) is 0 Å². The van der Waals surface area contributed by atoms with Crippen LogP contribution in [0.1, 0.15) is 12.8 Å². The molecule has 0 aromatic rings. The van der Waals surface area contributed by atoms with Gasteiger partial charge < -0.3 is 5.32 Å². The zero-order chi connectivity index (χ0) is 3.54. The van der Waals surface area contributed by atoms with Crippen molar-refractivity contribution in [2.45, 2.75) is 12.8 Å². The predicted octanol–water partition coefficient (Wildman–Crippen LogP) is -6.65. The molecule has 0 aromatic carbocycles. The van der Waals surface area contributed by atoms with E-state index in [0.717, 1.165) is 0 Å². The van der Waals surface area contributed by atoms with Crippen LogP contribution in [0, 0.1) is 0 Å². The molecule has 1 aliphatic rings. The number of rotatable bonds is 0. The third kappa shape index (κ3) is 7.47.